The number of furan rings is 1. The molecule has 3 aromatic heterocycles. The van der Waals surface area contributed by atoms with E-state index in [1.165, 1.54) is 12.1 Å². The van der Waals surface area contributed by atoms with E-state index >= 15 is 0 Å². The molecule has 1 aliphatic rings. The molecular formula is C29H20F3N3O6S. The van der Waals surface area contributed by atoms with Gasteiger partial charge in [0.2, 0.25) is 6.79 Å². The minimum absolute atomic E-state index is 0.0114. The Morgan fingerprint density at radius 1 is 1.05 bits per heavy atom. The van der Waals surface area contributed by atoms with Crippen molar-refractivity contribution >= 4 is 39.1 Å². The van der Waals surface area contributed by atoms with Crippen LogP contribution in [0, 0.1) is 6.92 Å². The standard InChI is InChI=1S/C29H20F3N3O6S/c1-14-2-4-15(5-3-14)18-11-22(29(30,31)32)34-28-23(18)24(25(42-28)26(33)36)35-27(37)20-9-7-17(41-20)12-38-16-6-8-19-21(10-16)40-13-39-19/h2-11H,12-13H2,1H3,(H2,33,36)(H,35,37). The molecule has 4 heterocycles. The lowest BCUT2D eigenvalue weighted by Gasteiger charge is -2.12. The number of anilines is 1. The molecule has 0 bridgehead atoms. The predicted molar refractivity (Wildman–Crippen MR) is 147 cm³/mol. The normalized spacial score (nSPS) is 12.5. The lowest BCUT2D eigenvalue weighted by atomic mass is 10.00. The molecule has 0 atom stereocenters. The maximum Gasteiger partial charge on any atom is 0.433 e. The first kappa shape index (κ1) is 27.1. The van der Waals surface area contributed by atoms with E-state index in [9.17, 15) is 22.8 Å². The van der Waals surface area contributed by atoms with E-state index in [2.05, 4.69) is 10.3 Å². The zero-order valence-corrected chi connectivity index (χ0v) is 22.5. The monoisotopic (exact) mass is 595 g/mol. The number of nitrogens with zero attached hydrogens (tertiary/aromatic N) is 1. The second kappa shape index (κ2) is 10.4. The number of carbonyl (C=O) groups excluding carboxylic acids is 2. The molecule has 3 N–H and O–H groups in total. The number of aryl methyl sites for hydroxylation is 1. The number of hydrogen-bond acceptors (Lipinski definition) is 8. The number of halogens is 3. The molecule has 0 saturated heterocycles. The molecule has 0 unspecified atom stereocenters. The van der Waals surface area contributed by atoms with Crippen molar-refractivity contribution in [1.82, 2.24) is 4.98 Å². The average molecular weight is 596 g/mol. The minimum atomic E-state index is -4.75. The number of nitrogens with one attached hydrogen (secondary N) is 1. The molecule has 214 valence electrons. The third kappa shape index (κ3) is 5.21. The third-order valence-corrected chi connectivity index (χ3v) is 7.49. The number of alkyl halides is 3. The van der Waals surface area contributed by atoms with E-state index in [1.807, 2.05) is 6.92 Å². The van der Waals surface area contributed by atoms with E-state index in [1.54, 1.807) is 42.5 Å². The highest BCUT2D eigenvalue weighted by molar-refractivity contribution is 7.21. The Labute approximate surface area is 239 Å². The van der Waals surface area contributed by atoms with Crippen LogP contribution in [0.3, 0.4) is 0 Å². The Balaban J connectivity index is 1.32. The highest BCUT2D eigenvalue weighted by Crippen LogP contribution is 2.44. The topological polar surface area (TPSA) is 126 Å². The molecule has 13 heteroatoms. The zero-order chi connectivity index (χ0) is 29.6. The van der Waals surface area contributed by atoms with Gasteiger partial charge in [-0.05, 0) is 48.4 Å². The van der Waals surface area contributed by atoms with E-state index in [4.69, 9.17) is 24.4 Å². The maximum absolute atomic E-state index is 13.8. The molecule has 0 saturated carbocycles. The quantitative estimate of drug-likeness (QED) is 0.219. The molecule has 6 rings (SSSR count). The molecule has 0 spiro atoms. The summed E-state index contributed by atoms with van der Waals surface area (Å²) in [5.41, 5.74) is 5.83. The van der Waals surface area contributed by atoms with Gasteiger partial charge in [-0.25, -0.2) is 4.98 Å². The fourth-order valence-electron chi connectivity index (χ4n) is 4.37. The molecule has 0 aliphatic carbocycles. The smallest absolute Gasteiger partial charge is 0.433 e. The Kier molecular flexibility index (Phi) is 6.73. The van der Waals surface area contributed by atoms with Crippen LogP contribution < -0.4 is 25.3 Å². The van der Waals surface area contributed by atoms with E-state index < -0.39 is 23.7 Å². The van der Waals surface area contributed by atoms with Gasteiger partial charge >= 0.3 is 6.18 Å². The summed E-state index contributed by atoms with van der Waals surface area (Å²) in [5, 5.41) is 2.76. The summed E-state index contributed by atoms with van der Waals surface area (Å²) in [6, 6.07) is 15.7. The van der Waals surface area contributed by atoms with Crippen LogP contribution in [0.2, 0.25) is 0 Å². The summed E-state index contributed by atoms with van der Waals surface area (Å²) >= 11 is 0.661. The molecule has 0 fully saturated rings. The van der Waals surface area contributed by atoms with Crippen molar-refractivity contribution in [3.63, 3.8) is 0 Å². The van der Waals surface area contributed by atoms with Gasteiger partial charge in [0, 0.05) is 11.5 Å². The fourth-order valence-corrected chi connectivity index (χ4v) is 5.38. The number of hydrogen-bond donors (Lipinski definition) is 2. The number of primary amides is 1. The van der Waals surface area contributed by atoms with Crippen molar-refractivity contribution < 1.29 is 41.4 Å². The summed E-state index contributed by atoms with van der Waals surface area (Å²) in [4.78, 5) is 29.1. The van der Waals surface area contributed by atoms with E-state index in [-0.39, 0.29) is 45.5 Å². The molecule has 2 amide bonds. The summed E-state index contributed by atoms with van der Waals surface area (Å²) in [6.45, 7) is 1.95. The lowest BCUT2D eigenvalue weighted by molar-refractivity contribution is -0.140. The molecule has 9 nitrogen and oxygen atoms in total. The van der Waals surface area contributed by atoms with Gasteiger partial charge in [-0.1, -0.05) is 29.8 Å². The molecular weight excluding hydrogens is 575 g/mol. The second-order valence-electron chi connectivity index (χ2n) is 9.29. The number of nitrogens with two attached hydrogens (primary N) is 1. The van der Waals surface area contributed by atoms with Gasteiger partial charge in [0.25, 0.3) is 11.8 Å². The number of rotatable bonds is 7. The number of benzene rings is 2. The Bertz CT molecular complexity index is 1850. The highest BCUT2D eigenvalue weighted by atomic mass is 32.1. The fraction of sp³-hybridized carbons (Fsp3) is 0.138. The third-order valence-electron chi connectivity index (χ3n) is 6.39. The molecule has 0 radical (unpaired) electrons. The van der Waals surface area contributed by atoms with Gasteiger partial charge in [-0.2, -0.15) is 13.2 Å². The van der Waals surface area contributed by atoms with Crippen LogP contribution in [0.15, 0.2) is 65.1 Å². The number of pyridine rings is 1. The van der Waals surface area contributed by atoms with Gasteiger partial charge in [0.05, 0.1) is 5.69 Å². The lowest BCUT2D eigenvalue weighted by Crippen LogP contribution is -2.16. The van der Waals surface area contributed by atoms with Crippen LogP contribution in [-0.2, 0) is 12.8 Å². The Morgan fingerprint density at radius 3 is 2.55 bits per heavy atom. The van der Waals surface area contributed by atoms with Crippen LogP contribution in [0.1, 0.15) is 37.2 Å². The van der Waals surface area contributed by atoms with Crippen molar-refractivity contribution in [2.45, 2.75) is 19.7 Å². The van der Waals surface area contributed by atoms with E-state index in [0.717, 1.165) is 11.6 Å². The minimum Gasteiger partial charge on any atom is -0.486 e. The van der Waals surface area contributed by atoms with Crippen LogP contribution in [0.25, 0.3) is 21.3 Å². The van der Waals surface area contributed by atoms with Crippen molar-refractivity contribution in [3.05, 3.63) is 88.3 Å². The number of ether oxygens (including phenoxy) is 3. The summed E-state index contributed by atoms with van der Waals surface area (Å²) in [6.07, 6.45) is -4.75. The highest BCUT2D eigenvalue weighted by Gasteiger charge is 2.35. The SMILES string of the molecule is Cc1ccc(-c2cc(C(F)(F)F)nc3sc(C(N)=O)c(NC(=O)c4ccc(COc5ccc6c(c5)OCO6)o4)c23)cc1. The van der Waals surface area contributed by atoms with Crippen LogP contribution in [0.5, 0.6) is 17.2 Å². The number of fused-ring (bicyclic) bond motifs is 2. The first-order chi connectivity index (χ1) is 20.1. The number of carbonyl (C=O) groups is 2. The molecule has 5 aromatic rings. The van der Waals surface area contributed by atoms with E-state index in [0.29, 0.717) is 39.9 Å². The predicted octanol–water partition coefficient (Wildman–Crippen LogP) is 6.54. The Hall–Kier alpha value is -5.04. The molecule has 2 aromatic carbocycles. The molecule has 1 aliphatic heterocycles. The van der Waals surface area contributed by atoms with Crippen molar-refractivity contribution in [2.24, 2.45) is 5.73 Å². The first-order valence-corrected chi connectivity index (χ1v) is 13.2. The number of aromatic nitrogens is 1. The van der Waals surface area contributed by atoms with Gasteiger partial charge in [-0.3, -0.25) is 9.59 Å². The van der Waals surface area contributed by atoms with Crippen LogP contribution in [-0.4, -0.2) is 23.6 Å². The Morgan fingerprint density at radius 2 is 1.81 bits per heavy atom. The summed E-state index contributed by atoms with van der Waals surface area (Å²) in [5.74, 6) is 0.154. The maximum atomic E-state index is 13.8. The van der Waals surface area contributed by atoms with Gasteiger partial charge in [-0.15, -0.1) is 11.3 Å². The molecule has 42 heavy (non-hydrogen) atoms. The van der Waals surface area contributed by atoms with Crippen molar-refractivity contribution in [1.29, 1.82) is 0 Å². The average Bonchev–Trinajstić information content (AvgIpc) is 3.70. The van der Waals surface area contributed by atoms with Gasteiger partial charge in [0.1, 0.15) is 33.5 Å². The summed E-state index contributed by atoms with van der Waals surface area (Å²) < 4.78 is 63.2. The number of amides is 2. The van der Waals surface area contributed by atoms with Gasteiger partial charge in [0.15, 0.2) is 17.3 Å². The first-order valence-electron chi connectivity index (χ1n) is 12.4. The second-order valence-corrected chi connectivity index (χ2v) is 10.3. The zero-order valence-electron chi connectivity index (χ0n) is 21.7. The largest absolute Gasteiger partial charge is 0.486 e. The van der Waals surface area contributed by atoms with Crippen molar-refractivity contribution in [3.8, 4) is 28.4 Å². The van der Waals surface area contributed by atoms with Gasteiger partial charge < -0.3 is 29.7 Å². The van der Waals surface area contributed by atoms with Crippen LogP contribution in [0.4, 0.5) is 18.9 Å². The van der Waals surface area contributed by atoms with Crippen molar-refractivity contribution in [2.75, 3.05) is 12.1 Å². The summed E-state index contributed by atoms with van der Waals surface area (Å²) in [7, 11) is 0. The number of thiophene rings is 1. The van der Waals surface area contributed by atoms with Crippen LogP contribution >= 0.6 is 11.3 Å².